The fourth-order valence-corrected chi connectivity index (χ4v) is 2.07. The molecule has 0 fully saturated rings. The van der Waals surface area contributed by atoms with E-state index in [1.54, 1.807) is 0 Å². The van der Waals surface area contributed by atoms with E-state index >= 15 is 0 Å². The lowest BCUT2D eigenvalue weighted by Crippen LogP contribution is -2.18. The molecule has 0 saturated heterocycles. The highest BCUT2D eigenvalue weighted by Crippen LogP contribution is 2.27. The number of hydrogen-bond acceptors (Lipinski definition) is 2. The normalized spacial score (nSPS) is 22.0. The summed E-state index contributed by atoms with van der Waals surface area (Å²) in [5.74, 6) is 2.83. The summed E-state index contributed by atoms with van der Waals surface area (Å²) >= 11 is 0. The van der Waals surface area contributed by atoms with Gasteiger partial charge in [0.2, 0.25) is 0 Å². The van der Waals surface area contributed by atoms with Crippen LogP contribution in [0.5, 0.6) is 0 Å². The quantitative estimate of drug-likeness (QED) is 0.662. The Kier molecular flexibility index (Phi) is 2.10. The standard InChI is InChI=1S/C10H17N3/c1-7(2)10-12-11-9-6-4-5-8(3)13(9)10/h7-8H,4-6H2,1-3H3/t8-/m0/s1. The van der Waals surface area contributed by atoms with Crippen molar-refractivity contribution in [2.45, 2.75) is 52.0 Å². The summed E-state index contributed by atoms with van der Waals surface area (Å²) in [6.45, 7) is 6.62. The largest absolute Gasteiger partial charge is 0.312 e. The van der Waals surface area contributed by atoms with Crippen LogP contribution in [0.2, 0.25) is 0 Å². The molecule has 1 aromatic heterocycles. The highest BCUT2D eigenvalue weighted by atomic mass is 15.3. The van der Waals surface area contributed by atoms with Gasteiger partial charge in [0.1, 0.15) is 11.6 Å². The van der Waals surface area contributed by atoms with Crippen LogP contribution in [0.4, 0.5) is 0 Å². The molecule has 1 aromatic rings. The van der Waals surface area contributed by atoms with Gasteiger partial charge in [0.15, 0.2) is 0 Å². The summed E-state index contributed by atoms with van der Waals surface area (Å²) in [5.41, 5.74) is 0. The Morgan fingerprint density at radius 1 is 1.38 bits per heavy atom. The van der Waals surface area contributed by atoms with Crippen molar-refractivity contribution in [3.8, 4) is 0 Å². The molecule has 2 rings (SSSR count). The zero-order chi connectivity index (χ0) is 9.42. The van der Waals surface area contributed by atoms with Crippen molar-refractivity contribution >= 4 is 0 Å². The molecule has 0 spiro atoms. The molecule has 0 bridgehead atoms. The lowest BCUT2D eigenvalue weighted by Gasteiger charge is -2.23. The van der Waals surface area contributed by atoms with Crippen LogP contribution >= 0.6 is 0 Å². The van der Waals surface area contributed by atoms with E-state index in [0.29, 0.717) is 12.0 Å². The van der Waals surface area contributed by atoms with Crippen molar-refractivity contribution in [2.75, 3.05) is 0 Å². The molecule has 0 radical (unpaired) electrons. The van der Waals surface area contributed by atoms with Crippen molar-refractivity contribution in [3.63, 3.8) is 0 Å². The Hall–Kier alpha value is -0.860. The summed E-state index contributed by atoms with van der Waals surface area (Å²) in [7, 11) is 0. The molecule has 3 nitrogen and oxygen atoms in total. The van der Waals surface area contributed by atoms with Gasteiger partial charge in [-0.05, 0) is 19.8 Å². The highest BCUT2D eigenvalue weighted by Gasteiger charge is 2.22. The minimum absolute atomic E-state index is 0.488. The molecule has 0 N–H and O–H groups in total. The van der Waals surface area contributed by atoms with Crippen molar-refractivity contribution in [1.82, 2.24) is 14.8 Å². The molecule has 3 heteroatoms. The molecule has 0 saturated carbocycles. The summed E-state index contributed by atoms with van der Waals surface area (Å²) in [6.07, 6.45) is 3.63. The first-order chi connectivity index (χ1) is 6.20. The number of hydrogen-bond donors (Lipinski definition) is 0. The average Bonchev–Trinajstić information content (AvgIpc) is 2.49. The summed E-state index contributed by atoms with van der Waals surface area (Å²) < 4.78 is 2.33. The van der Waals surface area contributed by atoms with E-state index in [4.69, 9.17) is 0 Å². The second-order valence-corrected chi connectivity index (χ2v) is 4.24. The Balaban J connectivity index is 2.44. The molecule has 1 aliphatic heterocycles. The third-order valence-electron chi connectivity index (χ3n) is 2.77. The van der Waals surface area contributed by atoms with Crippen LogP contribution in [0.3, 0.4) is 0 Å². The summed E-state index contributed by atoms with van der Waals surface area (Å²) in [6, 6.07) is 0.594. The van der Waals surface area contributed by atoms with E-state index in [-0.39, 0.29) is 0 Å². The van der Waals surface area contributed by atoms with E-state index in [1.807, 2.05) is 0 Å². The summed E-state index contributed by atoms with van der Waals surface area (Å²) in [5, 5.41) is 8.50. The number of rotatable bonds is 1. The van der Waals surface area contributed by atoms with Crippen LogP contribution in [0, 0.1) is 0 Å². The zero-order valence-corrected chi connectivity index (χ0v) is 8.62. The minimum Gasteiger partial charge on any atom is -0.312 e. The van der Waals surface area contributed by atoms with E-state index < -0.39 is 0 Å². The predicted molar refractivity (Wildman–Crippen MR) is 51.8 cm³/mol. The van der Waals surface area contributed by atoms with Gasteiger partial charge in [0.25, 0.3) is 0 Å². The number of fused-ring (bicyclic) bond motifs is 1. The second-order valence-electron chi connectivity index (χ2n) is 4.24. The summed E-state index contributed by atoms with van der Waals surface area (Å²) in [4.78, 5) is 0. The lowest BCUT2D eigenvalue weighted by molar-refractivity contribution is 0.409. The minimum atomic E-state index is 0.488. The first-order valence-corrected chi connectivity index (χ1v) is 5.14. The zero-order valence-electron chi connectivity index (χ0n) is 8.62. The van der Waals surface area contributed by atoms with Gasteiger partial charge in [-0.25, -0.2) is 0 Å². The van der Waals surface area contributed by atoms with Crippen LogP contribution in [-0.2, 0) is 6.42 Å². The van der Waals surface area contributed by atoms with Crippen molar-refractivity contribution in [2.24, 2.45) is 0 Å². The fourth-order valence-electron chi connectivity index (χ4n) is 2.07. The lowest BCUT2D eigenvalue weighted by atomic mass is 10.0. The molecule has 0 unspecified atom stereocenters. The first-order valence-electron chi connectivity index (χ1n) is 5.14. The third-order valence-corrected chi connectivity index (χ3v) is 2.77. The molecule has 0 amide bonds. The molecule has 0 aromatic carbocycles. The van der Waals surface area contributed by atoms with Gasteiger partial charge in [0, 0.05) is 18.4 Å². The molecule has 72 valence electrons. The van der Waals surface area contributed by atoms with Gasteiger partial charge >= 0.3 is 0 Å². The second kappa shape index (κ2) is 3.13. The van der Waals surface area contributed by atoms with Crippen molar-refractivity contribution in [1.29, 1.82) is 0 Å². The monoisotopic (exact) mass is 179 g/mol. The number of aryl methyl sites for hydroxylation is 1. The Labute approximate surface area is 79.2 Å². The van der Waals surface area contributed by atoms with E-state index in [9.17, 15) is 0 Å². The smallest absolute Gasteiger partial charge is 0.135 e. The molecule has 1 aliphatic rings. The predicted octanol–water partition coefficient (Wildman–Crippen LogP) is 2.30. The van der Waals surface area contributed by atoms with Crippen molar-refractivity contribution in [3.05, 3.63) is 11.6 Å². The van der Waals surface area contributed by atoms with E-state index in [0.717, 1.165) is 12.2 Å². The topological polar surface area (TPSA) is 30.7 Å². The van der Waals surface area contributed by atoms with Crippen LogP contribution in [0.1, 0.15) is 57.2 Å². The number of nitrogens with zero attached hydrogens (tertiary/aromatic N) is 3. The maximum Gasteiger partial charge on any atom is 0.135 e. The molecule has 1 atom stereocenters. The maximum atomic E-state index is 4.26. The molecule has 2 heterocycles. The van der Waals surface area contributed by atoms with Crippen LogP contribution in [0.15, 0.2) is 0 Å². The van der Waals surface area contributed by atoms with Gasteiger partial charge < -0.3 is 4.57 Å². The fraction of sp³-hybridized carbons (Fsp3) is 0.800. The van der Waals surface area contributed by atoms with E-state index in [2.05, 4.69) is 35.5 Å². The van der Waals surface area contributed by atoms with Crippen LogP contribution < -0.4 is 0 Å². The molecular weight excluding hydrogens is 162 g/mol. The van der Waals surface area contributed by atoms with Gasteiger partial charge in [-0.3, -0.25) is 0 Å². The first kappa shape index (κ1) is 8.73. The molecular formula is C10H17N3. The highest BCUT2D eigenvalue weighted by molar-refractivity contribution is 5.04. The Morgan fingerprint density at radius 2 is 2.15 bits per heavy atom. The maximum absolute atomic E-state index is 4.26. The van der Waals surface area contributed by atoms with Gasteiger partial charge in [-0.1, -0.05) is 13.8 Å². The molecule has 13 heavy (non-hydrogen) atoms. The average molecular weight is 179 g/mol. The molecule has 0 aliphatic carbocycles. The number of aromatic nitrogens is 3. The van der Waals surface area contributed by atoms with Gasteiger partial charge in [-0.2, -0.15) is 0 Å². The van der Waals surface area contributed by atoms with Gasteiger partial charge in [0.05, 0.1) is 0 Å². The Morgan fingerprint density at radius 3 is 2.85 bits per heavy atom. The van der Waals surface area contributed by atoms with Crippen molar-refractivity contribution < 1.29 is 0 Å². The third kappa shape index (κ3) is 1.36. The SMILES string of the molecule is CC(C)c1nnc2n1[C@@H](C)CCC2. The van der Waals surface area contributed by atoms with Crippen LogP contribution in [-0.4, -0.2) is 14.8 Å². The van der Waals surface area contributed by atoms with E-state index in [1.165, 1.54) is 18.7 Å². The Bertz CT molecular complexity index is 301. The van der Waals surface area contributed by atoms with Gasteiger partial charge in [-0.15, -0.1) is 10.2 Å². The van der Waals surface area contributed by atoms with Crippen LogP contribution in [0.25, 0.3) is 0 Å².